The number of aromatic nitrogens is 2. The molecule has 1 heterocycles. The fourth-order valence-electron chi connectivity index (χ4n) is 1.96. The highest BCUT2D eigenvalue weighted by molar-refractivity contribution is 5.67. The average Bonchev–Trinajstić information content (AvgIpc) is 2.48. The fraction of sp³-hybridized carbons (Fsp3) is 0.333. The van der Waals surface area contributed by atoms with Crippen LogP contribution in [0.5, 0.6) is 5.88 Å². The zero-order valence-corrected chi connectivity index (χ0v) is 11.4. The maximum atomic E-state index is 5.29. The Kier molecular flexibility index (Phi) is 4.86. The standard InChI is InChI=1S/C15H19N3O/c1-3-8-16-11-12-6-4-5-7-13(12)14-15(19-2)18-10-9-17-14/h4-7,9-10,16H,3,8,11H2,1-2H3. The molecule has 1 aromatic carbocycles. The van der Waals surface area contributed by atoms with Crippen molar-refractivity contribution in [2.24, 2.45) is 0 Å². The molecule has 2 rings (SSSR count). The minimum Gasteiger partial charge on any atom is -0.479 e. The summed E-state index contributed by atoms with van der Waals surface area (Å²) in [6.07, 6.45) is 4.45. The molecule has 4 heteroatoms. The van der Waals surface area contributed by atoms with Crippen LogP contribution in [0, 0.1) is 0 Å². The van der Waals surface area contributed by atoms with Gasteiger partial charge in [0.2, 0.25) is 5.88 Å². The van der Waals surface area contributed by atoms with Gasteiger partial charge in [0.15, 0.2) is 0 Å². The van der Waals surface area contributed by atoms with Crippen molar-refractivity contribution < 1.29 is 4.74 Å². The number of ether oxygens (including phenoxy) is 1. The van der Waals surface area contributed by atoms with Crippen molar-refractivity contribution in [3.63, 3.8) is 0 Å². The summed E-state index contributed by atoms with van der Waals surface area (Å²) in [6.45, 7) is 3.99. The van der Waals surface area contributed by atoms with Gasteiger partial charge in [-0.05, 0) is 18.5 Å². The molecule has 0 radical (unpaired) electrons. The monoisotopic (exact) mass is 257 g/mol. The number of hydrogen-bond acceptors (Lipinski definition) is 4. The zero-order chi connectivity index (χ0) is 13.5. The number of hydrogen-bond donors (Lipinski definition) is 1. The van der Waals surface area contributed by atoms with E-state index >= 15 is 0 Å². The predicted molar refractivity (Wildman–Crippen MR) is 76.0 cm³/mol. The molecule has 0 aliphatic carbocycles. The molecular weight excluding hydrogens is 238 g/mol. The predicted octanol–water partition coefficient (Wildman–Crippen LogP) is 2.65. The van der Waals surface area contributed by atoms with Crippen molar-refractivity contribution in [3.05, 3.63) is 42.2 Å². The number of rotatable bonds is 6. The van der Waals surface area contributed by atoms with E-state index in [2.05, 4.69) is 34.3 Å². The first-order chi connectivity index (χ1) is 9.36. The summed E-state index contributed by atoms with van der Waals surface area (Å²) in [5, 5.41) is 3.41. The highest BCUT2D eigenvalue weighted by Crippen LogP contribution is 2.28. The first-order valence-electron chi connectivity index (χ1n) is 6.50. The van der Waals surface area contributed by atoms with Gasteiger partial charge in [-0.15, -0.1) is 0 Å². The molecule has 0 bridgehead atoms. The van der Waals surface area contributed by atoms with Crippen LogP contribution in [0.15, 0.2) is 36.7 Å². The van der Waals surface area contributed by atoms with E-state index in [4.69, 9.17) is 4.74 Å². The van der Waals surface area contributed by atoms with E-state index in [1.54, 1.807) is 19.5 Å². The summed E-state index contributed by atoms with van der Waals surface area (Å²) in [6, 6.07) is 8.20. The molecule has 0 spiro atoms. The van der Waals surface area contributed by atoms with Crippen molar-refractivity contribution in [3.8, 4) is 17.1 Å². The van der Waals surface area contributed by atoms with Gasteiger partial charge in [0.1, 0.15) is 5.69 Å². The normalized spacial score (nSPS) is 10.4. The Balaban J connectivity index is 2.33. The molecule has 0 saturated heterocycles. The molecular formula is C15H19N3O. The van der Waals surface area contributed by atoms with Gasteiger partial charge in [-0.25, -0.2) is 9.97 Å². The smallest absolute Gasteiger partial charge is 0.240 e. The van der Waals surface area contributed by atoms with Crippen LogP contribution in [-0.4, -0.2) is 23.6 Å². The zero-order valence-electron chi connectivity index (χ0n) is 11.4. The second-order valence-electron chi connectivity index (χ2n) is 4.25. The van der Waals surface area contributed by atoms with Crippen molar-refractivity contribution in [1.82, 2.24) is 15.3 Å². The van der Waals surface area contributed by atoms with E-state index in [1.165, 1.54) is 5.56 Å². The molecule has 0 atom stereocenters. The van der Waals surface area contributed by atoms with Crippen LogP contribution in [-0.2, 0) is 6.54 Å². The fourth-order valence-corrected chi connectivity index (χ4v) is 1.96. The number of methoxy groups -OCH3 is 1. The minimum absolute atomic E-state index is 0.561. The molecule has 0 unspecified atom stereocenters. The molecule has 0 saturated carbocycles. The van der Waals surface area contributed by atoms with Crippen molar-refractivity contribution in [2.45, 2.75) is 19.9 Å². The van der Waals surface area contributed by atoms with Crippen molar-refractivity contribution >= 4 is 0 Å². The Morgan fingerprint density at radius 2 is 1.95 bits per heavy atom. The highest BCUT2D eigenvalue weighted by atomic mass is 16.5. The number of nitrogens with one attached hydrogen (secondary N) is 1. The molecule has 100 valence electrons. The average molecular weight is 257 g/mol. The molecule has 2 aromatic rings. The third kappa shape index (κ3) is 3.29. The summed E-state index contributed by atoms with van der Waals surface area (Å²) in [7, 11) is 1.62. The summed E-state index contributed by atoms with van der Waals surface area (Å²) in [5.41, 5.74) is 3.06. The summed E-state index contributed by atoms with van der Waals surface area (Å²) in [5.74, 6) is 0.561. The van der Waals surface area contributed by atoms with Crippen molar-refractivity contribution in [2.75, 3.05) is 13.7 Å². The van der Waals surface area contributed by atoms with Crippen LogP contribution in [0.1, 0.15) is 18.9 Å². The Hall–Kier alpha value is -1.94. The summed E-state index contributed by atoms with van der Waals surface area (Å²) >= 11 is 0. The molecule has 0 amide bonds. The van der Waals surface area contributed by atoms with Gasteiger partial charge in [0, 0.05) is 24.5 Å². The van der Waals surface area contributed by atoms with Gasteiger partial charge in [0.05, 0.1) is 7.11 Å². The second kappa shape index (κ2) is 6.85. The lowest BCUT2D eigenvalue weighted by Gasteiger charge is -2.11. The third-order valence-electron chi connectivity index (χ3n) is 2.87. The maximum Gasteiger partial charge on any atom is 0.240 e. The lowest BCUT2D eigenvalue weighted by atomic mass is 10.0. The molecule has 0 aliphatic rings. The lowest BCUT2D eigenvalue weighted by molar-refractivity contribution is 0.397. The largest absolute Gasteiger partial charge is 0.479 e. The van der Waals surface area contributed by atoms with Gasteiger partial charge in [-0.2, -0.15) is 0 Å². The van der Waals surface area contributed by atoms with Crippen LogP contribution >= 0.6 is 0 Å². The van der Waals surface area contributed by atoms with Gasteiger partial charge < -0.3 is 10.1 Å². The molecule has 1 N–H and O–H groups in total. The summed E-state index contributed by atoms with van der Waals surface area (Å²) in [4.78, 5) is 8.60. The Morgan fingerprint density at radius 3 is 2.74 bits per heavy atom. The van der Waals surface area contributed by atoms with E-state index in [0.717, 1.165) is 30.8 Å². The number of nitrogens with zero attached hydrogens (tertiary/aromatic N) is 2. The van der Waals surface area contributed by atoms with E-state index in [-0.39, 0.29) is 0 Å². The summed E-state index contributed by atoms with van der Waals surface area (Å²) < 4.78 is 5.29. The van der Waals surface area contributed by atoms with E-state index in [9.17, 15) is 0 Å². The Bertz CT molecular complexity index is 528. The molecule has 0 fully saturated rings. The molecule has 1 aromatic heterocycles. The van der Waals surface area contributed by atoms with Crippen LogP contribution < -0.4 is 10.1 Å². The van der Waals surface area contributed by atoms with Crippen molar-refractivity contribution in [1.29, 1.82) is 0 Å². The topological polar surface area (TPSA) is 47.0 Å². The van der Waals surface area contributed by atoms with E-state index in [0.29, 0.717) is 5.88 Å². The maximum absolute atomic E-state index is 5.29. The Morgan fingerprint density at radius 1 is 1.16 bits per heavy atom. The quantitative estimate of drug-likeness (QED) is 0.808. The molecule has 0 aliphatic heterocycles. The number of benzene rings is 1. The van der Waals surface area contributed by atoms with Crippen LogP contribution in [0.25, 0.3) is 11.3 Å². The Labute approximate surface area is 113 Å². The first kappa shape index (κ1) is 13.5. The molecule has 4 nitrogen and oxygen atoms in total. The second-order valence-corrected chi connectivity index (χ2v) is 4.25. The van der Waals surface area contributed by atoms with E-state index in [1.807, 2.05) is 12.1 Å². The minimum atomic E-state index is 0.561. The van der Waals surface area contributed by atoms with Crippen LogP contribution in [0.4, 0.5) is 0 Å². The van der Waals surface area contributed by atoms with Crippen LogP contribution in [0.3, 0.4) is 0 Å². The highest BCUT2D eigenvalue weighted by Gasteiger charge is 2.11. The van der Waals surface area contributed by atoms with Gasteiger partial charge in [-0.3, -0.25) is 0 Å². The first-order valence-corrected chi connectivity index (χ1v) is 6.50. The third-order valence-corrected chi connectivity index (χ3v) is 2.87. The van der Waals surface area contributed by atoms with Crippen LogP contribution in [0.2, 0.25) is 0 Å². The molecule has 19 heavy (non-hydrogen) atoms. The SMILES string of the molecule is CCCNCc1ccccc1-c1nccnc1OC. The van der Waals surface area contributed by atoms with Gasteiger partial charge in [-0.1, -0.05) is 31.2 Å². The van der Waals surface area contributed by atoms with E-state index < -0.39 is 0 Å². The lowest BCUT2D eigenvalue weighted by Crippen LogP contribution is -2.14. The van der Waals surface area contributed by atoms with Gasteiger partial charge >= 0.3 is 0 Å². The van der Waals surface area contributed by atoms with Gasteiger partial charge in [0.25, 0.3) is 0 Å².